The molecule has 1 aliphatic heterocycles. The van der Waals surface area contributed by atoms with Crippen LogP contribution in [0.15, 0.2) is 18.2 Å². The molecule has 108 valence electrons. The molecule has 1 aromatic rings. The van der Waals surface area contributed by atoms with Gasteiger partial charge in [0, 0.05) is 56.3 Å². The molecule has 0 aromatic heterocycles. The summed E-state index contributed by atoms with van der Waals surface area (Å²) in [5.41, 5.74) is 2.86. The van der Waals surface area contributed by atoms with Crippen molar-refractivity contribution >= 4 is 23.5 Å². The molecule has 0 atom stereocenters. The average molecular weight is 274 g/mol. The summed E-state index contributed by atoms with van der Waals surface area (Å²) in [4.78, 5) is 13.2. The number of carbonyl (C=O) groups is 1. The van der Waals surface area contributed by atoms with E-state index in [2.05, 4.69) is 10.6 Å². The topological polar surface area (TPSA) is 68.2 Å². The molecule has 1 aliphatic rings. The van der Waals surface area contributed by atoms with Gasteiger partial charge in [0.2, 0.25) is 5.91 Å². The normalized spacial score (nSPS) is 15.8. The monoisotopic (exact) mass is 274 g/mol. The number of hydrogen-bond acceptors (Lipinski definition) is 4. The van der Waals surface area contributed by atoms with Gasteiger partial charge in [0.25, 0.3) is 0 Å². The zero-order valence-electron chi connectivity index (χ0n) is 12.1. The van der Waals surface area contributed by atoms with E-state index in [-0.39, 0.29) is 5.91 Å². The molecular weight excluding hydrogens is 252 g/mol. The van der Waals surface area contributed by atoms with Gasteiger partial charge in [-0.05, 0) is 31.0 Å². The van der Waals surface area contributed by atoms with Crippen LogP contribution in [0.3, 0.4) is 0 Å². The smallest absolute Gasteiger partial charge is 0.219 e. The standard InChI is InChI=1S/C15H22N4O/c1-11(20)19-7-5-13(6-8-19)18-14-3-4-15(17-2)12(9-14)10-16/h3-4,9-10,13,16-18H,5-8H2,1-2H3. The molecule has 5 nitrogen and oxygen atoms in total. The summed E-state index contributed by atoms with van der Waals surface area (Å²) in [6.07, 6.45) is 3.29. The second-order valence-corrected chi connectivity index (χ2v) is 5.12. The van der Waals surface area contributed by atoms with Gasteiger partial charge in [-0.15, -0.1) is 0 Å². The molecule has 0 unspecified atom stereocenters. The maximum absolute atomic E-state index is 11.3. The van der Waals surface area contributed by atoms with E-state index in [1.165, 1.54) is 6.21 Å². The van der Waals surface area contributed by atoms with Crippen molar-refractivity contribution in [2.75, 3.05) is 30.8 Å². The zero-order valence-corrected chi connectivity index (χ0v) is 12.1. The predicted octanol–water partition coefficient (Wildman–Crippen LogP) is 2.15. The van der Waals surface area contributed by atoms with Crippen molar-refractivity contribution in [3.63, 3.8) is 0 Å². The minimum atomic E-state index is 0.160. The van der Waals surface area contributed by atoms with Gasteiger partial charge in [0.1, 0.15) is 0 Å². The Morgan fingerprint density at radius 1 is 1.40 bits per heavy atom. The Balaban J connectivity index is 1.97. The highest BCUT2D eigenvalue weighted by Gasteiger charge is 2.20. The van der Waals surface area contributed by atoms with Crippen LogP contribution >= 0.6 is 0 Å². The van der Waals surface area contributed by atoms with E-state index < -0.39 is 0 Å². The number of nitrogens with zero attached hydrogens (tertiary/aromatic N) is 1. The first-order valence-corrected chi connectivity index (χ1v) is 6.98. The third kappa shape index (κ3) is 3.29. The van der Waals surface area contributed by atoms with Crippen LogP contribution in [0.5, 0.6) is 0 Å². The van der Waals surface area contributed by atoms with Gasteiger partial charge in [-0.3, -0.25) is 4.79 Å². The van der Waals surface area contributed by atoms with Crippen LogP contribution < -0.4 is 10.6 Å². The maximum atomic E-state index is 11.3. The highest BCUT2D eigenvalue weighted by atomic mass is 16.2. The lowest BCUT2D eigenvalue weighted by molar-refractivity contribution is -0.129. The molecule has 20 heavy (non-hydrogen) atoms. The Morgan fingerprint density at radius 3 is 2.65 bits per heavy atom. The summed E-state index contributed by atoms with van der Waals surface area (Å²) in [7, 11) is 1.85. The van der Waals surface area contributed by atoms with Crippen molar-refractivity contribution in [2.24, 2.45) is 0 Å². The molecule has 1 aromatic carbocycles. The number of nitrogens with one attached hydrogen (secondary N) is 3. The number of amides is 1. The van der Waals surface area contributed by atoms with Crippen LogP contribution in [0, 0.1) is 5.41 Å². The third-order valence-corrected chi connectivity index (χ3v) is 3.79. The number of likely N-dealkylation sites (tertiary alicyclic amines) is 1. The molecule has 2 rings (SSSR count). The van der Waals surface area contributed by atoms with E-state index in [0.29, 0.717) is 6.04 Å². The van der Waals surface area contributed by atoms with Crippen LogP contribution in [-0.4, -0.2) is 43.2 Å². The Kier molecular flexibility index (Phi) is 4.61. The average Bonchev–Trinajstić information content (AvgIpc) is 2.47. The minimum absolute atomic E-state index is 0.160. The highest BCUT2D eigenvalue weighted by molar-refractivity contribution is 5.87. The first-order valence-electron chi connectivity index (χ1n) is 6.98. The van der Waals surface area contributed by atoms with E-state index in [0.717, 1.165) is 42.9 Å². The Bertz CT molecular complexity index is 493. The van der Waals surface area contributed by atoms with Gasteiger partial charge in [-0.25, -0.2) is 0 Å². The van der Waals surface area contributed by atoms with Gasteiger partial charge in [-0.2, -0.15) is 0 Å². The molecule has 0 saturated carbocycles. The first kappa shape index (κ1) is 14.4. The van der Waals surface area contributed by atoms with Crippen LogP contribution in [-0.2, 0) is 4.79 Å². The molecule has 1 fully saturated rings. The van der Waals surface area contributed by atoms with Gasteiger partial charge < -0.3 is 20.9 Å². The lowest BCUT2D eigenvalue weighted by Crippen LogP contribution is -2.41. The molecule has 1 heterocycles. The van der Waals surface area contributed by atoms with Gasteiger partial charge in [-0.1, -0.05) is 0 Å². The molecular formula is C15H22N4O. The fraction of sp³-hybridized carbons (Fsp3) is 0.467. The number of hydrogen-bond donors (Lipinski definition) is 3. The van der Waals surface area contributed by atoms with Crippen molar-refractivity contribution in [2.45, 2.75) is 25.8 Å². The van der Waals surface area contributed by atoms with Crippen molar-refractivity contribution in [1.29, 1.82) is 5.41 Å². The second-order valence-electron chi connectivity index (χ2n) is 5.12. The SMILES string of the molecule is CNc1ccc(NC2CCN(C(C)=O)CC2)cc1C=N. The number of piperidine rings is 1. The zero-order chi connectivity index (χ0) is 14.5. The van der Waals surface area contributed by atoms with Crippen LogP contribution in [0.4, 0.5) is 11.4 Å². The van der Waals surface area contributed by atoms with E-state index in [1.807, 2.05) is 30.1 Å². The molecule has 0 radical (unpaired) electrons. The molecule has 1 saturated heterocycles. The fourth-order valence-electron chi connectivity index (χ4n) is 2.57. The van der Waals surface area contributed by atoms with Crippen LogP contribution in [0.25, 0.3) is 0 Å². The summed E-state index contributed by atoms with van der Waals surface area (Å²) in [6, 6.07) is 6.38. The van der Waals surface area contributed by atoms with Crippen molar-refractivity contribution in [3.05, 3.63) is 23.8 Å². The summed E-state index contributed by atoms with van der Waals surface area (Å²) in [5.74, 6) is 0.160. The largest absolute Gasteiger partial charge is 0.388 e. The highest BCUT2D eigenvalue weighted by Crippen LogP contribution is 2.21. The summed E-state index contributed by atoms with van der Waals surface area (Å²) in [5, 5.41) is 14.0. The lowest BCUT2D eigenvalue weighted by Gasteiger charge is -2.32. The minimum Gasteiger partial charge on any atom is -0.388 e. The molecule has 3 N–H and O–H groups in total. The predicted molar refractivity (Wildman–Crippen MR) is 82.8 cm³/mol. The van der Waals surface area contributed by atoms with E-state index in [1.54, 1.807) is 6.92 Å². The number of anilines is 2. The first-order chi connectivity index (χ1) is 9.63. The van der Waals surface area contributed by atoms with Gasteiger partial charge in [0.15, 0.2) is 0 Å². The number of benzene rings is 1. The van der Waals surface area contributed by atoms with Crippen molar-refractivity contribution in [1.82, 2.24) is 4.90 Å². The summed E-state index contributed by atoms with van der Waals surface area (Å²) in [6.45, 7) is 3.26. The Hall–Kier alpha value is -2.04. The molecule has 1 amide bonds. The molecule has 0 bridgehead atoms. The van der Waals surface area contributed by atoms with E-state index >= 15 is 0 Å². The third-order valence-electron chi connectivity index (χ3n) is 3.79. The molecule has 5 heteroatoms. The molecule has 0 spiro atoms. The molecule has 0 aliphatic carbocycles. The van der Waals surface area contributed by atoms with Crippen molar-refractivity contribution in [3.8, 4) is 0 Å². The van der Waals surface area contributed by atoms with Crippen LogP contribution in [0.2, 0.25) is 0 Å². The fourth-order valence-corrected chi connectivity index (χ4v) is 2.57. The number of rotatable bonds is 4. The van der Waals surface area contributed by atoms with Crippen LogP contribution in [0.1, 0.15) is 25.3 Å². The second kappa shape index (κ2) is 6.41. The van der Waals surface area contributed by atoms with Gasteiger partial charge >= 0.3 is 0 Å². The lowest BCUT2D eigenvalue weighted by atomic mass is 10.0. The maximum Gasteiger partial charge on any atom is 0.219 e. The van der Waals surface area contributed by atoms with Gasteiger partial charge in [0.05, 0.1) is 0 Å². The number of carbonyl (C=O) groups excluding carboxylic acids is 1. The quantitative estimate of drug-likeness (QED) is 0.737. The van der Waals surface area contributed by atoms with Crippen molar-refractivity contribution < 1.29 is 4.79 Å². The Labute approximate surface area is 119 Å². The van der Waals surface area contributed by atoms with E-state index in [9.17, 15) is 4.79 Å². The van der Waals surface area contributed by atoms with E-state index in [4.69, 9.17) is 5.41 Å². The Morgan fingerprint density at radius 2 is 2.10 bits per heavy atom. The summed E-state index contributed by atoms with van der Waals surface area (Å²) >= 11 is 0. The summed E-state index contributed by atoms with van der Waals surface area (Å²) < 4.78 is 0.